The molecule has 4 N–H and O–H groups in total. The summed E-state index contributed by atoms with van der Waals surface area (Å²) >= 11 is 0. The summed E-state index contributed by atoms with van der Waals surface area (Å²) in [6, 6.07) is -0.155. The normalized spacial score (nSPS) is 38.5. The van der Waals surface area contributed by atoms with Crippen molar-refractivity contribution in [1.82, 2.24) is 15.5 Å². The highest BCUT2D eigenvalue weighted by atomic mass is 16.2. The molecular weight excluding hydrogens is 230 g/mol. The standard InChI is InChI=1S/C12H21N5O/c1-7(2)6-8-9(18)16-12-4-3-5-17(12)11(13)15-10(12)14-8/h7-8,10,14H,3-6H2,1-2H3,(H2,13,15)(H,16,18)/t8-,10+,12+/m0/s1. The zero-order valence-electron chi connectivity index (χ0n) is 10.9. The number of rotatable bonds is 2. The van der Waals surface area contributed by atoms with Gasteiger partial charge in [0.15, 0.2) is 11.6 Å². The van der Waals surface area contributed by atoms with E-state index in [1.54, 1.807) is 0 Å². The summed E-state index contributed by atoms with van der Waals surface area (Å²) in [7, 11) is 0. The van der Waals surface area contributed by atoms with E-state index in [0.717, 1.165) is 25.8 Å². The molecule has 0 radical (unpaired) electrons. The minimum absolute atomic E-state index is 0.0803. The van der Waals surface area contributed by atoms with Crippen molar-refractivity contribution >= 4 is 11.9 Å². The highest BCUT2D eigenvalue weighted by Gasteiger charge is 2.57. The maximum atomic E-state index is 12.2. The van der Waals surface area contributed by atoms with Gasteiger partial charge in [-0.3, -0.25) is 10.1 Å². The number of nitrogens with zero attached hydrogens (tertiary/aromatic N) is 2. The molecule has 2 fully saturated rings. The average Bonchev–Trinajstić information content (AvgIpc) is 2.77. The molecule has 3 heterocycles. The summed E-state index contributed by atoms with van der Waals surface area (Å²) in [5.41, 5.74) is 5.56. The summed E-state index contributed by atoms with van der Waals surface area (Å²) in [6.45, 7) is 5.11. The van der Waals surface area contributed by atoms with Gasteiger partial charge in [-0.05, 0) is 25.2 Å². The molecule has 1 spiro atoms. The van der Waals surface area contributed by atoms with Crippen LogP contribution in [0.5, 0.6) is 0 Å². The molecule has 3 atom stereocenters. The van der Waals surface area contributed by atoms with Crippen LogP contribution in [0.15, 0.2) is 4.99 Å². The lowest BCUT2D eigenvalue weighted by atomic mass is 9.95. The molecule has 0 aromatic rings. The third-order valence-corrected chi connectivity index (χ3v) is 4.13. The zero-order chi connectivity index (χ0) is 12.9. The first kappa shape index (κ1) is 11.8. The number of nitrogens with two attached hydrogens (primary N) is 1. The molecule has 3 rings (SSSR count). The fraction of sp³-hybridized carbons (Fsp3) is 0.833. The SMILES string of the molecule is CC(C)C[C@@H]1N[C@@H]2N=C(N)N3CCC[C@]23NC1=O. The van der Waals surface area contributed by atoms with Gasteiger partial charge in [0.1, 0.15) is 6.17 Å². The lowest BCUT2D eigenvalue weighted by molar-refractivity contribution is -0.131. The van der Waals surface area contributed by atoms with Gasteiger partial charge >= 0.3 is 0 Å². The fourth-order valence-electron chi connectivity index (χ4n) is 3.34. The number of aliphatic imine (C=N–C) groups is 1. The number of carbonyl (C=O) groups is 1. The molecule has 0 bridgehead atoms. The number of hydrogen-bond donors (Lipinski definition) is 3. The highest BCUT2D eigenvalue weighted by Crippen LogP contribution is 2.37. The van der Waals surface area contributed by atoms with Crippen LogP contribution < -0.4 is 16.4 Å². The molecule has 1 amide bonds. The highest BCUT2D eigenvalue weighted by molar-refractivity contribution is 5.88. The van der Waals surface area contributed by atoms with E-state index in [9.17, 15) is 4.79 Å². The van der Waals surface area contributed by atoms with Gasteiger partial charge in [0.05, 0.1) is 6.04 Å². The van der Waals surface area contributed by atoms with E-state index in [0.29, 0.717) is 11.9 Å². The van der Waals surface area contributed by atoms with E-state index in [1.165, 1.54) is 0 Å². The smallest absolute Gasteiger partial charge is 0.239 e. The molecule has 6 nitrogen and oxygen atoms in total. The van der Waals surface area contributed by atoms with E-state index in [-0.39, 0.29) is 18.1 Å². The van der Waals surface area contributed by atoms with Gasteiger partial charge in [0.25, 0.3) is 0 Å². The lowest BCUT2D eigenvalue weighted by Crippen LogP contribution is -2.73. The van der Waals surface area contributed by atoms with Gasteiger partial charge in [-0.15, -0.1) is 0 Å². The summed E-state index contributed by atoms with van der Waals surface area (Å²) in [4.78, 5) is 18.7. The van der Waals surface area contributed by atoms with Crippen LogP contribution in [-0.2, 0) is 4.79 Å². The van der Waals surface area contributed by atoms with Crippen LogP contribution in [0, 0.1) is 5.92 Å². The van der Waals surface area contributed by atoms with Gasteiger partial charge < -0.3 is 16.0 Å². The Morgan fingerprint density at radius 2 is 2.39 bits per heavy atom. The second-order valence-electron chi connectivity index (χ2n) is 5.91. The molecule has 2 saturated heterocycles. The molecule has 0 unspecified atom stereocenters. The molecular formula is C12H21N5O. The van der Waals surface area contributed by atoms with Crippen LogP contribution >= 0.6 is 0 Å². The van der Waals surface area contributed by atoms with Gasteiger partial charge in [-0.2, -0.15) is 0 Å². The minimum Gasteiger partial charge on any atom is -0.370 e. The molecule has 100 valence electrons. The Morgan fingerprint density at radius 3 is 3.11 bits per heavy atom. The summed E-state index contributed by atoms with van der Waals surface area (Å²) in [6.07, 6.45) is 2.69. The van der Waals surface area contributed by atoms with E-state index in [4.69, 9.17) is 5.73 Å². The first-order valence-corrected chi connectivity index (χ1v) is 6.72. The lowest BCUT2D eigenvalue weighted by Gasteiger charge is -2.44. The van der Waals surface area contributed by atoms with Crippen molar-refractivity contribution in [3.05, 3.63) is 0 Å². The summed E-state index contributed by atoms with van der Waals surface area (Å²) < 4.78 is 0. The molecule has 0 aromatic heterocycles. The second kappa shape index (κ2) is 3.85. The second-order valence-corrected chi connectivity index (χ2v) is 5.91. The first-order chi connectivity index (χ1) is 8.53. The largest absolute Gasteiger partial charge is 0.370 e. The van der Waals surface area contributed by atoms with Crippen LogP contribution in [0.1, 0.15) is 33.1 Å². The van der Waals surface area contributed by atoms with Gasteiger partial charge in [-0.1, -0.05) is 13.8 Å². The maximum Gasteiger partial charge on any atom is 0.239 e. The van der Waals surface area contributed by atoms with Crippen molar-refractivity contribution in [3.63, 3.8) is 0 Å². The van der Waals surface area contributed by atoms with Crippen molar-refractivity contribution in [1.29, 1.82) is 0 Å². The number of amides is 1. The molecule has 0 saturated carbocycles. The zero-order valence-corrected chi connectivity index (χ0v) is 10.9. The van der Waals surface area contributed by atoms with Crippen molar-refractivity contribution in [2.45, 2.75) is 51.0 Å². The van der Waals surface area contributed by atoms with E-state index >= 15 is 0 Å². The number of nitrogens with one attached hydrogen (secondary N) is 2. The van der Waals surface area contributed by atoms with E-state index in [2.05, 4.69) is 29.5 Å². The third kappa shape index (κ3) is 1.51. The number of guanidine groups is 1. The van der Waals surface area contributed by atoms with Crippen molar-refractivity contribution in [2.24, 2.45) is 16.6 Å². The molecule has 18 heavy (non-hydrogen) atoms. The molecule has 0 aromatic carbocycles. The quantitative estimate of drug-likeness (QED) is 0.622. The molecule has 6 heteroatoms. The molecule has 0 aliphatic carbocycles. The summed E-state index contributed by atoms with van der Waals surface area (Å²) in [5, 5.41) is 6.54. The van der Waals surface area contributed by atoms with Gasteiger partial charge in [0.2, 0.25) is 5.91 Å². The predicted molar refractivity (Wildman–Crippen MR) is 68.6 cm³/mol. The van der Waals surface area contributed by atoms with Gasteiger partial charge in [0, 0.05) is 6.54 Å². The van der Waals surface area contributed by atoms with Crippen molar-refractivity contribution < 1.29 is 4.79 Å². The first-order valence-electron chi connectivity index (χ1n) is 6.72. The number of piperazine rings is 1. The number of carbonyl (C=O) groups excluding carboxylic acids is 1. The van der Waals surface area contributed by atoms with Crippen molar-refractivity contribution in [2.75, 3.05) is 6.54 Å². The Bertz CT molecular complexity index is 407. The topological polar surface area (TPSA) is 82.8 Å². The van der Waals surface area contributed by atoms with E-state index in [1.807, 2.05) is 4.90 Å². The van der Waals surface area contributed by atoms with Gasteiger partial charge in [-0.25, -0.2) is 4.99 Å². The fourth-order valence-corrected chi connectivity index (χ4v) is 3.34. The van der Waals surface area contributed by atoms with Crippen LogP contribution in [0.2, 0.25) is 0 Å². The minimum atomic E-state index is -0.394. The van der Waals surface area contributed by atoms with Crippen LogP contribution in [0.25, 0.3) is 0 Å². The van der Waals surface area contributed by atoms with Crippen LogP contribution in [0.3, 0.4) is 0 Å². The Kier molecular flexibility index (Phi) is 2.52. The Balaban J connectivity index is 1.84. The van der Waals surface area contributed by atoms with Crippen LogP contribution in [-0.4, -0.2) is 41.2 Å². The Morgan fingerprint density at radius 1 is 1.61 bits per heavy atom. The Hall–Kier alpha value is -1.30. The average molecular weight is 251 g/mol. The predicted octanol–water partition coefficient (Wildman–Crippen LogP) is -0.433. The monoisotopic (exact) mass is 251 g/mol. The molecule has 3 aliphatic heterocycles. The Labute approximate surface area is 107 Å². The van der Waals surface area contributed by atoms with E-state index < -0.39 is 5.66 Å². The maximum absolute atomic E-state index is 12.2. The third-order valence-electron chi connectivity index (χ3n) is 4.13. The summed E-state index contributed by atoms with van der Waals surface area (Å²) in [5.74, 6) is 1.11. The van der Waals surface area contributed by atoms with Crippen molar-refractivity contribution in [3.8, 4) is 0 Å². The van der Waals surface area contributed by atoms with Crippen LogP contribution in [0.4, 0.5) is 0 Å². The molecule has 3 aliphatic rings. The number of hydrogen-bond acceptors (Lipinski definition) is 5.